The molecule has 1 aromatic heterocycles. The highest BCUT2D eigenvalue weighted by molar-refractivity contribution is 5.87. The van der Waals surface area contributed by atoms with Crippen LogP contribution in [0.2, 0.25) is 0 Å². The van der Waals surface area contributed by atoms with Gasteiger partial charge >= 0.3 is 0 Å². The van der Waals surface area contributed by atoms with Gasteiger partial charge in [0.1, 0.15) is 5.82 Å². The van der Waals surface area contributed by atoms with Gasteiger partial charge < -0.3 is 20.9 Å². The summed E-state index contributed by atoms with van der Waals surface area (Å²) >= 11 is 0. The summed E-state index contributed by atoms with van der Waals surface area (Å²) < 4.78 is 1.99. The zero-order valence-corrected chi connectivity index (χ0v) is 15.7. The van der Waals surface area contributed by atoms with Crippen molar-refractivity contribution in [3.8, 4) is 5.69 Å². The van der Waals surface area contributed by atoms with Gasteiger partial charge in [0.05, 0.1) is 18.6 Å². The Morgan fingerprint density at radius 3 is 2.38 bits per heavy atom. The number of hydrogen-bond donors (Lipinski definition) is 3. The van der Waals surface area contributed by atoms with Crippen LogP contribution >= 0.6 is 0 Å². The lowest BCUT2D eigenvalue weighted by Gasteiger charge is -2.17. The van der Waals surface area contributed by atoms with E-state index in [1.165, 1.54) is 0 Å². The maximum Gasteiger partial charge on any atom is 0.239 e. The van der Waals surface area contributed by atoms with Gasteiger partial charge in [-0.3, -0.25) is 9.59 Å². The average molecular weight is 357 g/mol. The van der Waals surface area contributed by atoms with Gasteiger partial charge in [-0.2, -0.15) is 0 Å². The Morgan fingerprint density at radius 1 is 1.19 bits per heavy atom. The second-order valence-corrected chi connectivity index (χ2v) is 6.71. The quantitative estimate of drug-likeness (QED) is 0.698. The smallest absolute Gasteiger partial charge is 0.239 e. The number of hydrogen-bond acceptors (Lipinski definition) is 4. The third kappa shape index (κ3) is 4.92. The molecule has 7 heteroatoms. The number of imidazole rings is 1. The second-order valence-electron chi connectivity index (χ2n) is 6.71. The zero-order valence-electron chi connectivity index (χ0n) is 15.7. The number of rotatable bonds is 7. The van der Waals surface area contributed by atoms with Crippen molar-refractivity contribution in [1.29, 1.82) is 0 Å². The third-order valence-electron chi connectivity index (χ3n) is 4.32. The van der Waals surface area contributed by atoms with Gasteiger partial charge in [-0.25, -0.2) is 4.98 Å². The molecule has 0 saturated heterocycles. The lowest BCUT2D eigenvalue weighted by atomic mass is 10.1. The molecule has 1 unspecified atom stereocenters. The fourth-order valence-corrected chi connectivity index (χ4v) is 2.54. The Labute approximate surface area is 154 Å². The molecule has 0 spiro atoms. The molecule has 7 nitrogen and oxygen atoms in total. The van der Waals surface area contributed by atoms with Crippen molar-refractivity contribution < 1.29 is 9.59 Å². The molecule has 2 amide bonds. The molecule has 0 aliphatic carbocycles. The van der Waals surface area contributed by atoms with E-state index >= 15 is 0 Å². The Morgan fingerprint density at radius 2 is 1.85 bits per heavy atom. The van der Waals surface area contributed by atoms with Gasteiger partial charge in [-0.05, 0) is 37.5 Å². The van der Waals surface area contributed by atoms with E-state index in [9.17, 15) is 9.59 Å². The van der Waals surface area contributed by atoms with Crippen LogP contribution in [0, 0.1) is 12.8 Å². The molecule has 140 valence electrons. The molecule has 1 heterocycles. The molecule has 2 rings (SSSR count). The maximum absolute atomic E-state index is 12.0. The average Bonchev–Trinajstić information content (AvgIpc) is 3.04. The van der Waals surface area contributed by atoms with Gasteiger partial charge in [-0.15, -0.1) is 0 Å². The van der Waals surface area contributed by atoms with Crippen molar-refractivity contribution in [3.63, 3.8) is 0 Å². The summed E-state index contributed by atoms with van der Waals surface area (Å²) in [5, 5.41) is 5.44. The maximum atomic E-state index is 12.0. The summed E-state index contributed by atoms with van der Waals surface area (Å²) in [5.74, 6) is 0.364. The Kier molecular flexibility index (Phi) is 6.52. The molecular formula is C19H27N5O2. The van der Waals surface area contributed by atoms with E-state index in [0.29, 0.717) is 0 Å². The molecule has 2 aromatic rings. The molecule has 0 fully saturated rings. The first-order chi connectivity index (χ1) is 12.3. The van der Waals surface area contributed by atoms with Gasteiger partial charge in [-0.1, -0.05) is 26.0 Å². The minimum absolute atomic E-state index is 0.0228. The van der Waals surface area contributed by atoms with E-state index in [0.717, 1.165) is 17.1 Å². The minimum atomic E-state index is -0.612. The highest BCUT2D eigenvalue weighted by Crippen LogP contribution is 2.16. The summed E-state index contributed by atoms with van der Waals surface area (Å²) in [6, 6.07) is 7.11. The van der Waals surface area contributed by atoms with Crippen molar-refractivity contribution in [1.82, 2.24) is 20.2 Å². The lowest BCUT2D eigenvalue weighted by molar-refractivity contribution is -0.127. The van der Waals surface area contributed by atoms with Gasteiger partial charge in [0, 0.05) is 18.1 Å². The Balaban J connectivity index is 1.89. The fourth-order valence-electron chi connectivity index (χ4n) is 2.54. The van der Waals surface area contributed by atoms with Crippen molar-refractivity contribution >= 4 is 11.8 Å². The van der Waals surface area contributed by atoms with E-state index in [2.05, 4.69) is 15.6 Å². The van der Waals surface area contributed by atoms with Gasteiger partial charge in [0.15, 0.2) is 0 Å². The highest BCUT2D eigenvalue weighted by Gasteiger charge is 2.18. The SMILES string of the molecule is Cc1nccn1-c1ccc(C(C)NC(=O)CNC(=O)[C@@H](N)C(C)C)cc1. The number of nitrogens with zero attached hydrogens (tertiary/aromatic N) is 2. The Bertz CT molecular complexity index is 752. The first-order valence-electron chi connectivity index (χ1n) is 8.72. The molecule has 1 aromatic carbocycles. The topological polar surface area (TPSA) is 102 Å². The largest absolute Gasteiger partial charge is 0.348 e. The standard InChI is InChI=1S/C19H27N5O2/c1-12(2)18(20)19(26)22-11-17(25)23-13(3)15-5-7-16(8-6-15)24-10-9-21-14(24)4/h5-10,12-13,18H,11,20H2,1-4H3,(H,22,26)(H,23,25)/t13?,18-/m0/s1. The normalized spacial score (nSPS) is 13.3. The molecule has 0 aliphatic heterocycles. The number of carbonyl (C=O) groups is 2. The summed E-state index contributed by atoms with van der Waals surface area (Å²) in [6.07, 6.45) is 3.66. The first kappa shape index (κ1) is 19.7. The van der Waals surface area contributed by atoms with Crippen LogP contribution in [0.1, 0.15) is 38.2 Å². The number of aromatic nitrogens is 2. The number of nitrogens with two attached hydrogens (primary N) is 1. The number of carbonyl (C=O) groups excluding carboxylic acids is 2. The molecule has 2 atom stereocenters. The van der Waals surface area contributed by atoms with E-state index < -0.39 is 6.04 Å². The van der Waals surface area contributed by atoms with Crippen LogP contribution < -0.4 is 16.4 Å². The van der Waals surface area contributed by atoms with Crippen LogP contribution in [0.25, 0.3) is 5.69 Å². The summed E-state index contributed by atoms with van der Waals surface area (Å²) in [6.45, 7) is 7.48. The van der Waals surface area contributed by atoms with Crippen LogP contribution in [0.5, 0.6) is 0 Å². The van der Waals surface area contributed by atoms with E-state index in [1.54, 1.807) is 6.20 Å². The summed E-state index contributed by atoms with van der Waals surface area (Å²) in [7, 11) is 0. The second kappa shape index (κ2) is 8.62. The van der Waals surface area contributed by atoms with Crippen LogP contribution in [-0.2, 0) is 9.59 Å². The van der Waals surface area contributed by atoms with Crippen LogP contribution in [0.3, 0.4) is 0 Å². The Hall–Kier alpha value is -2.67. The van der Waals surface area contributed by atoms with E-state index in [4.69, 9.17) is 5.73 Å². The van der Waals surface area contributed by atoms with E-state index in [1.807, 2.05) is 62.7 Å². The number of amides is 2. The first-order valence-corrected chi connectivity index (χ1v) is 8.72. The molecule has 0 aliphatic rings. The molecule has 0 bridgehead atoms. The van der Waals surface area contributed by atoms with Gasteiger partial charge in [0.25, 0.3) is 0 Å². The van der Waals surface area contributed by atoms with Crippen LogP contribution in [-0.4, -0.2) is 34.0 Å². The monoisotopic (exact) mass is 357 g/mol. The molecule has 4 N–H and O–H groups in total. The van der Waals surface area contributed by atoms with Crippen LogP contribution in [0.4, 0.5) is 0 Å². The summed E-state index contributed by atoms with van der Waals surface area (Å²) in [4.78, 5) is 28.1. The van der Waals surface area contributed by atoms with E-state index in [-0.39, 0.29) is 30.3 Å². The highest BCUT2D eigenvalue weighted by atomic mass is 16.2. The van der Waals surface area contributed by atoms with Crippen molar-refractivity contribution in [2.75, 3.05) is 6.54 Å². The number of benzene rings is 1. The van der Waals surface area contributed by atoms with Crippen LogP contribution in [0.15, 0.2) is 36.7 Å². The zero-order chi connectivity index (χ0) is 19.3. The van der Waals surface area contributed by atoms with Crippen molar-refractivity contribution in [3.05, 3.63) is 48.0 Å². The minimum Gasteiger partial charge on any atom is -0.348 e. The number of aryl methyl sites for hydroxylation is 1. The molecular weight excluding hydrogens is 330 g/mol. The molecule has 0 radical (unpaired) electrons. The summed E-state index contributed by atoms with van der Waals surface area (Å²) in [5.41, 5.74) is 7.74. The lowest BCUT2D eigenvalue weighted by Crippen LogP contribution is -2.47. The van der Waals surface area contributed by atoms with Crippen molar-refractivity contribution in [2.45, 2.75) is 39.8 Å². The molecule has 0 saturated carbocycles. The predicted molar refractivity (Wildman–Crippen MR) is 101 cm³/mol. The fraction of sp³-hybridized carbons (Fsp3) is 0.421. The third-order valence-corrected chi connectivity index (χ3v) is 4.32. The van der Waals surface area contributed by atoms with Gasteiger partial charge in [0.2, 0.25) is 11.8 Å². The number of nitrogens with one attached hydrogen (secondary N) is 2. The predicted octanol–water partition coefficient (Wildman–Crippen LogP) is 1.46. The molecule has 26 heavy (non-hydrogen) atoms. The van der Waals surface area contributed by atoms with Crippen molar-refractivity contribution in [2.24, 2.45) is 11.7 Å².